The second-order valence-electron chi connectivity index (χ2n) is 5.71. The molecule has 0 fully saturated rings. The summed E-state index contributed by atoms with van der Waals surface area (Å²) in [5.41, 5.74) is 2.83. The number of benzene rings is 3. The van der Waals surface area contributed by atoms with Gasteiger partial charge in [-0.2, -0.15) is 5.10 Å². The number of fused-ring (bicyclic) bond motifs is 1. The zero-order valence-electron chi connectivity index (χ0n) is 14.4. The van der Waals surface area contributed by atoms with Gasteiger partial charge in [0.2, 0.25) is 0 Å². The molecule has 0 aliphatic heterocycles. The van der Waals surface area contributed by atoms with Crippen molar-refractivity contribution in [2.24, 2.45) is 5.10 Å². The van der Waals surface area contributed by atoms with Crippen LogP contribution in [0.2, 0.25) is 0 Å². The summed E-state index contributed by atoms with van der Waals surface area (Å²) in [5, 5.41) is 25.7. The normalized spacial score (nSPS) is 10.8. The average molecular weight is 362 g/mol. The summed E-state index contributed by atoms with van der Waals surface area (Å²) < 4.78 is 5.33. The molecule has 0 heterocycles. The first-order chi connectivity index (χ1) is 13.1. The molecule has 0 aliphatic rings. The maximum atomic E-state index is 12.3. The van der Waals surface area contributed by atoms with Crippen LogP contribution >= 0.6 is 0 Å². The van der Waals surface area contributed by atoms with Crippen LogP contribution in [0.15, 0.2) is 72.4 Å². The standard InChI is InChI=1S/C21H18N2O4/c1-2-10-27-19-9-5-8-16(20(19)25)13-22-23-21(26)17-11-14-6-3-4-7-15(14)12-18(17)24/h2-9,11-13,24-25H,1,10H2,(H,23,26)/b22-13-. The van der Waals surface area contributed by atoms with Gasteiger partial charge in [-0.05, 0) is 35.0 Å². The molecule has 136 valence electrons. The SMILES string of the molecule is C=CCOc1cccc(/C=N\NC(=O)c2cc3ccccc3cc2O)c1O. The fourth-order valence-electron chi connectivity index (χ4n) is 2.54. The summed E-state index contributed by atoms with van der Waals surface area (Å²) in [7, 11) is 0. The van der Waals surface area contributed by atoms with Gasteiger partial charge in [0.15, 0.2) is 11.5 Å². The molecule has 0 aliphatic carbocycles. The fourth-order valence-corrected chi connectivity index (χ4v) is 2.54. The molecule has 0 atom stereocenters. The Morgan fingerprint density at radius 2 is 1.85 bits per heavy atom. The van der Waals surface area contributed by atoms with E-state index in [1.54, 1.807) is 30.3 Å². The van der Waals surface area contributed by atoms with E-state index in [9.17, 15) is 15.0 Å². The van der Waals surface area contributed by atoms with Crippen LogP contribution in [0.5, 0.6) is 17.2 Å². The summed E-state index contributed by atoms with van der Waals surface area (Å²) in [6, 6.07) is 15.4. The van der Waals surface area contributed by atoms with Crippen LogP contribution in [-0.2, 0) is 0 Å². The third-order valence-electron chi connectivity index (χ3n) is 3.87. The van der Waals surface area contributed by atoms with E-state index in [0.29, 0.717) is 5.56 Å². The monoisotopic (exact) mass is 362 g/mol. The van der Waals surface area contributed by atoms with Crippen molar-refractivity contribution in [1.29, 1.82) is 0 Å². The number of aromatic hydroxyl groups is 2. The Morgan fingerprint density at radius 1 is 1.11 bits per heavy atom. The van der Waals surface area contributed by atoms with Crippen LogP contribution in [0.25, 0.3) is 10.8 Å². The molecule has 27 heavy (non-hydrogen) atoms. The van der Waals surface area contributed by atoms with Gasteiger partial charge in [0.25, 0.3) is 5.91 Å². The molecule has 3 aromatic rings. The van der Waals surface area contributed by atoms with Crippen molar-refractivity contribution in [1.82, 2.24) is 5.43 Å². The van der Waals surface area contributed by atoms with Gasteiger partial charge in [0.05, 0.1) is 11.8 Å². The van der Waals surface area contributed by atoms with Gasteiger partial charge < -0.3 is 14.9 Å². The first-order valence-electron chi connectivity index (χ1n) is 8.21. The van der Waals surface area contributed by atoms with E-state index in [1.807, 2.05) is 24.3 Å². The molecule has 3 aromatic carbocycles. The number of amides is 1. The van der Waals surface area contributed by atoms with E-state index in [2.05, 4.69) is 17.1 Å². The minimum atomic E-state index is -0.562. The average Bonchev–Trinajstić information content (AvgIpc) is 2.67. The number of nitrogens with one attached hydrogen (secondary N) is 1. The van der Waals surface area contributed by atoms with Crippen molar-refractivity contribution >= 4 is 22.9 Å². The molecule has 1 amide bonds. The summed E-state index contributed by atoms with van der Waals surface area (Å²) in [5.74, 6) is -0.500. The van der Waals surface area contributed by atoms with Crippen molar-refractivity contribution in [3.05, 3.63) is 78.4 Å². The van der Waals surface area contributed by atoms with Crippen molar-refractivity contribution < 1.29 is 19.7 Å². The van der Waals surface area contributed by atoms with Crippen molar-refractivity contribution in [2.75, 3.05) is 6.61 Å². The van der Waals surface area contributed by atoms with Crippen molar-refractivity contribution in [3.63, 3.8) is 0 Å². The Hall–Kier alpha value is -3.80. The van der Waals surface area contributed by atoms with Gasteiger partial charge in [-0.1, -0.05) is 43.0 Å². The number of ether oxygens (including phenoxy) is 1. The molecule has 0 saturated carbocycles. The number of para-hydroxylation sites is 1. The highest BCUT2D eigenvalue weighted by Gasteiger charge is 2.12. The van der Waals surface area contributed by atoms with E-state index in [4.69, 9.17) is 4.74 Å². The van der Waals surface area contributed by atoms with Gasteiger partial charge in [-0.3, -0.25) is 4.79 Å². The maximum absolute atomic E-state index is 12.3. The Balaban J connectivity index is 1.76. The first kappa shape index (κ1) is 18.0. The lowest BCUT2D eigenvalue weighted by Crippen LogP contribution is -2.17. The summed E-state index contributed by atoms with van der Waals surface area (Å²) in [4.78, 5) is 12.3. The zero-order chi connectivity index (χ0) is 19.2. The number of phenols is 2. The number of hydrazone groups is 1. The van der Waals surface area contributed by atoms with Gasteiger partial charge in [-0.15, -0.1) is 0 Å². The molecular formula is C21H18N2O4. The first-order valence-corrected chi connectivity index (χ1v) is 8.21. The lowest BCUT2D eigenvalue weighted by molar-refractivity contribution is 0.0952. The molecule has 0 aromatic heterocycles. The van der Waals surface area contributed by atoms with E-state index in [1.165, 1.54) is 12.3 Å². The minimum absolute atomic E-state index is 0.0918. The van der Waals surface area contributed by atoms with Gasteiger partial charge in [0, 0.05) is 5.56 Å². The van der Waals surface area contributed by atoms with Crippen LogP contribution in [0, 0.1) is 0 Å². The lowest BCUT2D eigenvalue weighted by Gasteiger charge is -2.08. The zero-order valence-corrected chi connectivity index (χ0v) is 14.4. The molecule has 0 unspecified atom stereocenters. The highest BCUT2D eigenvalue weighted by Crippen LogP contribution is 2.28. The van der Waals surface area contributed by atoms with E-state index in [0.717, 1.165) is 10.8 Å². The highest BCUT2D eigenvalue weighted by atomic mass is 16.5. The van der Waals surface area contributed by atoms with Gasteiger partial charge in [-0.25, -0.2) is 5.43 Å². The number of phenolic OH excluding ortho intramolecular Hbond substituents is 2. The van der Waals surface area contributed by atoms with E-state index in [-0.39, 0.29) is 29.4 Å². The number of carbonyl (C=O) groups excluding carboxylic acids is 1. The largest absolute Gasteiger partial charge is 0.507 e. The maximum Gasteiger partial charge on any atom is 0.275 e. The molecule has 0 saturated heterocycles. The van der Waals surface area contributed by atoms with Gasteiger partial charge in [0.1, 0.15) is 12.4 Å². The molecule has 0 bridgehead atoms. The van der Waals surface area contributed by atoms with Crippen LogP contribution in [-0.4, -0.2) is 28.9 Å². The van der Waals surface area contributed by atoms with Gasteiger partial charge >= 0.3 is 0 Å². The molecule has 0 radical (unpaired) electrons. The summed E-state index contributed by atoms with van der Waals surface area (Å²) in [6.07, 6.45) is 2.86. The quantitative estimate of drug-likeness (QED) is 0.355. The molecular weight excluding hydrogens is 344 g/mol. The predicted octanol–water partition coefficient (Wildman–Crippen LogP) is 3.58. The number of nitrogens with zero attached hydrogens (tertiary/aromatic N) is 1. The molecule has 6 nitrogen and oxygen atoms in total. The number of carbonyl (C=O) groups is 1. The van der Waals surface area contributed by atoms with Crippen LogP contribution in [0.3, 0.4) is 0 Å². The molecule has 0 spiro atoms. The fraction of sp³-hybridized carbons (Fsp3) is 0.0476. The molecule has 3 rings (SSSR count). The third kappa shape index (κ3) is 4.07. The van der Waals surface area contributed by atoms with Crippen LogP contribution in [0.4, 0.5) is 0 Å². The number of hydrogen-bond acceptors (Lipinski definition) is 5. The van der Waals surface area contributed by atoms with E-state index < -0.39 is 5.91 Å². The van der Waals surface area contributed by atoms with Crippen LogP contribution in [0.1, 0.15) is 15.9 Å². The molecule has 6 heteroatoms. The lowest BCUT2D eigenvalue weighted by atomic mass is 10.1. The van der Waals surface area contributed by atoms with Crippen LogP contribution < -0.4 is 10.2 Å². The second-order valence-corrected chi connectivity index (χ2v) is 5.71. The third-order valence-corrected chi connectivity index (χ3v) is 3.87. The summed E-state index contributed by atoms with van der Waals surface area (Å²) >= 11 is 0. The Bertz CT molecular complexity index is 1030. The second kappa shape index (κ2) is 8.05. The van der Waals surface area contributed by atoms with E-state index >= 15 is 0 Å². The smallest absolute Gasteiger partial charge is 0.275 e. The summed E-state index contributed by atoms with van der Waals surface area (Å²) in [6.45, 7) is 3.81. The predicted molar refractivity (Wildman–Crippen MR) is 104 cm³/mol. The van der Waals surface area contributed by atoms with Crippen molar-refractivity contribution in [2.45, 2.75) is 0 Å². The topological polar surface area (TPSA) is 91.2 Å². The number of hydrogen-bond donors (Lipinski definition) is 3. The van der Waals surface area contributed by atoms with Crippen molar-refractivity contribution in [3.8, 4) is 17.2 Å². The minimum Gasteiger partial charge on any atom is -0.507 e. The highest BCUT2D eigenvalue weighted by molar-refractivity contribution is 6.01. The Kier molecular flexibility index (Phi) is 5.37. The number of rotatable bonds is 6. The Labute approximate surface area is 156 Å². The Morgan fingerprint density at radius 3 is 2.59 bits per heavy atom. The molecule has 3 N–H and O–H groups in total.